The number of aryl methyl sites for hydroxylation is 1. The summed E-state index contributed by atoms with van der Waals surface area (Å²) in [5.41, 5.74) is -2.88. The average molecular weight is 2060 g/mol. The van der Waals surface area contributed by atoms with Gasteiger partial charge >= 0.3 is 46.7 Å². The molecule has 42 heteroatoms. The van der Waals surface area contributed by atoms with Gasteiger partial charge in [0.25, 0.3) is 0 Å². The summed E-state index contributed by atoms with van der Waals surface area (Å²) in [7, 11) is 2.87. The molecule has 3 nitrogen and oxygen atoms in total. The molecule has 0 fully saturated rings. The fourth-order valence-corrected chi connectivity index (χ4v) is 19.0. The molecule has 1 unspecified atom stereocenters. The molecule has 1 atom stereocenters. The van der Waals surface area contributed by atoms with E-state index in [0.717, 1.165) is 68.6 Å². The van der Waals surface area contributed by atoms with Gasteiger partial charge < -0.3 is 9.26 Å². The first-order valence-electron chi connectivity index (χ1n) is 32.7. The van der Waals surface area contributed by atoms with Crippen molar-refractivity contribution >= 4 is 183 Å². The second-order valence-electron chi connectivity index (χ2n) is 24.1. The standard InChI is InChI=1S/C19H12ClF4S.C18H11Cl4S.C18H9Cl3F3S.C10H14O3S.C8H3BF6.C6BF5.6FH.Sb/c1-11-2-3-16(10-19(11)20)25(17-6-12(21)4-13(22)7-17)18-8-14(23)5-15(24)9-18;19-12-6-13(20)9-17(8-12)23(16-4-2-1-3-5-16)18-10-14(21)7-15(22)11-18;19-13-7-10(1-4-16(13)22)25(11-2-5-17(23)14(20)8-11)12-3-6-18(24)15(21)9-12;1-3-8(2)9-4-6-10(7-5-9)14(11,12)13;9-6-2-4(7(10,11)12)1-5(3-6)8(13,14)15;7-1-2(8)4(10)6(12)5(11)3(1)9;;;;;;;/h2-10H,1H3;1-11H;1-9H;4-8H,3H2,1-2H3,(H,11,12,13);1-3H;;6*1H;/q3*+1;;;;;;;;;;+5/p-7. The van der Waals surface area contributed by atoms with Crippen molar-refractivity contribution in [3.63, 3.8) is 0 Å². The molecule has 0 spiro atoms. The molecule has 0 bridgehead atoms. The maximum absolute atomic E-state index is 13.7. The molecular formula is C79H48B2Cl8F24O3S4Sb+. The second-order valence-corrected chi connectivity index (χ2v) is 38.6. The van der Waals surface area contributed by atoms with Gasteiger partial charge in [0.2, 0.25) is 0 Å². The first-order chi connectivity index (χ1) is 55.5. The zero-order valence-corrected chi connectivity index (χ0v) is 72.5. The molecule has 0 aliphatic carbocycles. The molecule has 121 heavy (non-hydrogen) atoms. The zero-order chi connectivity index (χ0) is 90.2. The molecule has 0 aliphatic heterocycles. The van der Waals surface area contributed by atoms with Gasteiger partial charge in [-0.2, -0.15) is 26.3 Å². The van der Waals surface area contributed by atoms with E-state index in [-0.39, 0.29) is 40.5 Å². The van der Waals surface area contributed by atoms with E-state index >= 15 is 0 Å². The molecule has 0 aliphatic rings. The minimum atomic E-state index is -9.19. The van der Waals surface area contributed by atoms with Crippen LogP contribution < -0.4 is 15.6 Å². The molecule has 640 valence electrons. The monoisotopic (exact) mass is 2050 g/mol. The minimum absolute atomic E-state index is 0. The Kier molecular flexibility index (Phi) is 38.8. The number of halogens is 32. The first-order valence-corrected chi connectivity index (χ1v) is 45.6. The van der Waals surface area contributed by atoms with Crippen LogP contribution in [-0.2, 0) is 55.2 Å². The molecule has 12 rings (SSSR count). The van der Waals surface area contributed by atoms with Crippen molar-refractivity contribution < 1.29 is 111 Å². The van der Waals surface area contributed by atoms with Crippen LogP contribution in [0, 0.1) is 76.7 Å². The Morgan fingerprint density at radius 3 is 0.983 bits per heavy atom. The summed E-state index contributed by atoms with van der Waals surface area (Å²) < 4.78 is 311. The molecule has 0 amide bonds. The SMILES string of the molecule is CCC(C)c1ccc(S(=O)(=O)[O-])cc1.Cc1ccc([S+](c2cc(F)cc(F)c2)c2cc(F)cc(F)c2)cc1Cl.Clc1cc(Cl)cc([S+](c2ccccc2)c2cc(Cl)cc(Cl)c2)c1.Fc1ccc([S+](c2ccc(F)c(Cl)c2)c2ccc(F)c(Cl)c2)cc1Cl.[B]c1c(F)c(F)c(F)c(F)c1F.[B]c1cc(C(F)(F)F)cc(C(F)(F)F)c1.[F-].[F][Sb]([F])([F])([F])[F]. The summed E-state index contributed by atoms with van der Waals surface area (Å²) in [5.74, 6) is -14.6. The fourth-order valence-electron chi connectivity index (χ4n) is 9.68. The molecule has 0 saturated heterocycles. The van der Waals surface area contributed by atoms with E-state index in [1.165, 1.54) is 48.5 Å². The normalized spacial score (nSPS) is 11.9. The van der Waals surface area contributed by atoms with Crippen molar-refractivity contribution in [2.75, 3.05) is 0 Å². The Bertz CT molecular complexity index is 5280. The van der Waals surface area contributed by atoms with Crippen LogP contribution in [0.3, 0.4) is 0 Å². The van der Waals surface area contributed by atoms with Crippen LogP contribution in [0.1, 0.15) is 48.4 Å². The van der Waals surface area contributed by atoms with Gasteiger partial charge in [-0.1, -0.05) is 161 Å². The summed E-state index contributed by atoms with van der Waals surface area (Å²) in [6.07, 6.45) is -8.69. The van der Waals surface area contributed by atoms with Crippen LogP contribution in [-0.4, -0.2) is 49.0 Å². The van der Waals surface area contributed by atoms with Gasteiger partial charge in [0.1, 0.15) is 66.5 Å². The van der Waals surface area contributed by atoms with E-state index in [4.69, 9.17) is 101 Å². The molecular weight excluding hydrogens is 2010 g/mol. The third-order valence-corrected chi connectivity index (χ3v) is 24.7. The van der Waals surface area contributed by atoms with Crippen LogP contribution in [0.25, 0.3) is 0 Å². The third kappa shape index (κ3) is 32.6. The Balaban J connectivity index is 0.000000259. The molecule has 0 aromatic heterocycles. The van der Waals surface area contributed by atoms with Crippen LogP contribution in [0.2, 0.25) is 40.2 Å². The van der Waals surface area contributed by atoms with Crippen molar-refractivity contribution in [2.45, 2.75) is 94.4 Å². The summed E-state index contributed by atoms with van der Waals surface area (Å²) >= 11 is 39.5. The summed E-state index contributed by atoms with van der Waals surface area (Å²) in [6, 6.07) is 52.5. The van der Waals surface area contributed by atoms with Crippen LogP contribution in [0.15, 0.2) is 267 Å². The number of rotatable bonds is 12. The van der Waals surface area contributed by atoms with Gasteiger partial charge in [0, 0.05) is 110 Å². The number of hydrogen-bond acceptors (Lipinski definition) is 3. The molecule has 12 aromatic carbocycles. The molecule has 0 saturated carbocycles. The summed E-state index contributed by atoms with van der Waals surface area (Å²) in [6.45, 7) is 5.93. The van der Waals surface area contributed by atoms with Crippen LogP contribution >= 0.6 is 92.8 Å². The molecule has 0 heterocycles. The average Bonchev–Trinajstić information content (AvgIpc) is 0.794. The topological polar surface area (TPSA) is 57.2 Å². The maximum atomic E-state index is 13.7. The zero-order valence-electron chi connectivity index (χ0n) is 60.6. The molecule has 12 aromatic rings. The predicted octanol–water partition coefficient (Wildman–Crippen LogP) is 25.4. The van der Waals surface area contributed by atoms with Gasteiger partial charge in [-0.25, -0.2) is 61.1 Å². The van der Waals surface area contributed by atoms with E-state index in [1.54, 1.807) is 60.7 Å². The van der Waals surface area contributed by atoms with E-state index < -0.39 is 167 Å². The Morgan fingerprint density at radius 1 is 0.380 bits per heavy atom. The van der Waals surface area contributed by atoms with Crippen LogP contribution in [0.5, 0.6) is 0 Å². The number of hydrogen-bond donors (Lipinski definition) is 0. The first kappa shape index (κ1) is 105. The second kappa shape index (κ2) is 44.9. The fraction of sp³-hybridized carbons (Fsp3) is 0.0886. The third-order valence-electron chi connectivity index (χ3n) is 15.2. The van der Waals surface area contributed by atoms with E-state index in [1.807, 2.05) is 49.4 Å². The van der Waals surface area contributed by atoms with Gasteiger partial charge in [-0.3, -0.25) is 0 Å². The Labute approximate surface area is 732 Å². The van der Waals surface area contributed by atoms with Gasteiger partial charge in [-0.15, -0.1) is 0 Å². The Hall–Kier alpha value is -6.81. The van der Waals surface area contributed by atoms with E-state index in [0.29, 0.717) is 62.7 Å². The van der Waals surface area contributed by atoms with Crippen molar-refractivity contribution in [2.24, 2.45) is 0 Å². The van der Waals surface area contributed by atoms with Gasteiger partial charge in [-0.05, 0) is 121 Å². The molecule has 0 N–H and O–H groups in total. The van der Waals surface area contributed by atoms with E-state index in [9.17, 15) is 106 Å². The van der Waals surface area contributed by atoms with Gasteiger partial charge in [0.15, 0.2) is 73.1 Å². The Morgan fingerprint density at radius 2 is 0.678 bits per heavy atom. The van der Waals surface area contributed by atoms with Crippen LogP contribution in [0.4, 0.5) is 93.1 Å². The van der Waals surface area contributed by atoms with Crippen molar-refractivity contribution in [1.29, 1.82) is 0 Å². The predicted molar refractivity (Wildman–Crippen MR) is 427 cm³/mol. The van der Waals surface area contributed by atoms with Crippen molar-refractivity contribution in [3.05, 3.63) is 351 Å². The summed E-state index contributed by atoms with van der Waals surface area (Å²) in [4.78, 5) is 6.15. The van der Waals surface area contributed by atoms with Gasteiger partial charge in [0.05, 0.1) is 63.8 Å². The number of alkyl halides is 6. The molecule has 4 radical (unpaired) electrons. The van der Waals surface area contributed by atoms with Crippen molar-refractivity contribution in [3.8, 4) is 0 Å². The quantitative estimate of drug-likeness (QED) is 0.0306. The van der Waals surface area contributed by atoms with Crippen molar-refractivity contribution in [1.82, 2.24) is 0 Å². The summed E-state index contributed by atoms with van der Waals surface area (Å²) in [5, 5.41) is 2.75. The number of benzene rings is 12. The van der Waals surface area contributed by atoms with E-state index in [2.05, 4.69) is 33.8 Å².